The van der Waals surface area contributed by atoms with E-state index in [0.29, 0.717) is 92.9 Å². The van der Waals surface area contributed by atoms with Gasteiger partial charge in [0.15, 0.2) is 0 Å². The van der Waals surface area contributed by atoms with Gasteiger partial charge in [0.05, 0.1) is 92.6 Å². The zero-order valence-corrected chi connectivity index (χ0v) is 60.4. The SMILES string of the molecule is C#CCOC(C)C.C=C(C)COC(C)C.C=CCOC(C)C.CC(C)COC(C)C.CC(C)OC(C)C.CC(C)OC(F)(F)F.CC(C)OC1CCCC1.CC(C)OCC1CC1.CCCCOC(C)C.CCCOC(C)C.CCOC(C)C. The van der Waals surface area contributed by atoms with Crippen molar-refractivity contribution in [2.45, 2.75) is 351 Å². The summed E-state index contributed by atoms with van der Waals surface area (Å²) in [5.74, 6) is 3.96. The van der Waals surface area contributed by atoms with Crippen LogP contribution < -0.4 is 0 Å². The molecule has 508 valence electrons. The molecule has 0 heterocycles. The molecular formula is C69H145F3O11. The second-order valence-corrected chi connectivity index (χ2v) is 23.8. The Balaban J connectivity index is -0.000000104. The van der Waals surface area contributed by atoms with Crippen LogP contribution in [-0.4, -0.2) is 139 Å². The molecule has 0 N–H and O–H groups in total. The van der Waals surface area contributed by atoms with E-state index in [0.717, 1.165) is 50.9 Å². The molecule has 14 heteroatoms. The van der Waals surface area contributed by atoms with Crippen molar-refractivity contribution in [3.63, 3.8) is 0 Å². The minimum absolute atomic E-state index is 0.260. The van der Waals surface area contributed by atoms with Gasteiger partial charge < -0.3 is 47.4 Å². The Labute approximate surface area is 516 Å². The maximum Gasteiger partial charge on any atom is 0.522 e. The second-order valence-electron chi connectivity index (χ2n) is 23.8. The first-order valence-electron chi connectivity index (χ1n) is 31.9. The predicted octanol–water partition coefficient (Wildman–Crippen LogP) is 20.1. The van der Waals surface area contributed by atoms with E-state index in [-0.39, 0.29) is 6.10 Å². The summed E-state index contributed by atoms with van der Waals surface area (Å²) in [5.41, 5.74) is 1.08. The lowest BCUT2D eigenvalue weighted by molar-refractivity contribution is -0.338. The highest BCUT2D eigenvalue weighted by Gasteiger charge is 2.30. The summed E-state index contributed by atoms with van der Waals surface area (Å²) < 4.78 is 89.0. The highest BCUT2D eigenvalue weighted by molar-refractivity contribution is 4.87. The molecular weight excluding hydrogens is 1060 g/mol. The van der Waals surface area contributed by atoms with Gasteiger partial charge in [0.25, 0.3) is 0 Å². The molecule has 0 saturated heterocycles. The highest BCUT2D eigenvalue weighted by atomic mass is 19.4. The van der Waals surface area contributed by atoms with Gasteiger partial charge in [-0.2, -0.15) is 0 Å². The van der Waals surface area contributed by atoms with E-state index < -0.39 is 12.5 Å². The summed E-state index contributed by atoms with van der Waals surface area (Å²) in [4.78, 5) is 0. The van der Waals surface area contributed by atoms with Crippen molar-refractivity contribution in [2.24, 2.45) is 11.8 Å². The number of terminal acetylenes is 1. The van der Waals surface area contributed by atoms with Crippen LogP contribution in [0.1, 0.15) is 265 Å². The topological polar surface area (TPSA) is 102 Å². The van der Waals surface area contributed by atoms with Crippen LogP contribution in [0.5, 0.6) is 0 Å². The van der Waals surface area contributed by atoms with Crippen molar-refractivity contribution in [2.75, 3.05) is 52.9 Å². The number of hydrogen-bond donors (Lipinski definition) is 0. The van der Waals surface area contributed by atoms with Crippen LogP contribution in [0.25, 0.3) is 0 Å². The molecule has 0 aromatic carbocycles. The molecule has 2 fully saturated rings. The smallest absolute Gasteiger partial charge is 0.379 e. The van der Waals surface area contributed by atoms with Crippen LogP contribution >= 0.6 is 0 Å². The van der Waals surface area contributed by atoms with Gasteiger partial charge in [-0.1, -0.05) is 71.1 Å². The van der Waals surface area contributed by atoms with Crippen molar-refractivity contribution in [1.29, 1.82) is 0 Å². The molecule has 0 aromatic heterocycles. The fourth-order valence-electron chi connectivity index (χ4n) is 5.15. The predicted molar refractivity (Wildman–Crippen MR) is 353 cm³/mol. The first-order chi connectivity index (χ1) is 38.2. The Kier molecular flexibility index (Phi) is 90.3. The Bertz CT molecular complexity index is 1210. The average Bonchev–Trinajstić information content (AvgIpc) is 4.03. The molecule has 2 aliphatic carbocycles. The van der Waals surface area contributed by atoms with Crippen LogP contribution in [0.2, 0.25) is 0 Å². The van der Waals surface area contributed by atoms with Crippen molar-refractivity contribution in [3.05, 3.63) is 24.8 Å². The highest BCUT2D eigenvalue weighted by Crippen LogP contribution is 2.29. The third-order valence-electron chi connectivity index (χ3n) is 8.62. The van der Waals surface area contributed by atoms with E-state index in [4.69, 9.17) is 53.8 Å². The molecule has 2 aliphatic rings. The summed E-state index contributed by atoms with van der Waals surface area (Å²) in [6, 6.07) is 0. The molecule has 0 amide bonds. The number of rotatable bonds is 28. The summed E-state index contributed by atoms with van der Waals surface area (Å²) in [5, 5.41) is 0. The Morgan fingerprint density at radius 2 is 0.940 bits per heavy atom. The maximum atomic E-state index is 11.1. The first kappa shape index (κ1) is 100. The van der Waals surface area contributed by atoms with E-state index >= 15 is 0 Å². The molecule has 0 bridgehead atoms. The number of halogens is 3. The van der Waals surface area contributed by atoms with Crippen molar-refractivity contribution in [3.8, 4) is 12.3 Å². The summed E-state index contributed by atoms with van der Waals surface area (Å²) in [6.07, 6.45) is 17.7. The van der Waals surface area contributed by atoms with Gasteiger partial charge in [-0.3, -0.25) is 4.74 Å². The fraction of sp³-hybridized carbons (Fsp3) is 0.913. The monoisotopic (exact) mass is 1210 g/mol. The quantitative estimate of drug-likeness (QED) is 0.0425. The molecule has 83 heavy (non-hydrogen) atoms. The van der Waals surface area contributed by atoms with Gasteiger partial charge in [0, 0.05) is 33.0 Å². The number of unbranched alkanes of at least 4 members (excludes halogenated alkanes) is 1. The normalized spacial score (nSPS) is 12.6. The van der Waals surface area contributed by atoms with Crippen LogP contribution in [0.4, 0.5) is 13.2 Å². The fourth-order valence-corrected chi connectivity index (χ4v) is 5.15. The van der Waals surface area contributed by atoms with Crippen LogP contribution in [-0.2, 0) is 52.1 Å². The molecule has 11 nitrogen and oxygen atoms in total. The minimum Gasteiger partial charge on any atom is -0.379 e. The van der Waals surface area contributed by atoms with Crippen molar-refractivity contribution in [1.82, 2.24) is 0 Å². The molecule has 0 spiro atoms. The molecule has 0 aliphatic heterocycles. The van der Waals surface area contributed by atoms with E-state index in [1.165, 1.54) is 65.2 Å². The summed E-state index contributed by atoms with van der Waals surface area (Å²) in [6.45, 7) is 73.7. The zero-order valence-electron chi connectivity index (χ0n) is 60.4. The Morgan fingerprint density at radius 1 is 0.518 bits per heavy atom. The maximum absolute atomic E-state index is 11.1. The van der Waals surface area contributed by atoms with E-state index in [2.05, 4.69) is 121 Å². The first-order valence-corrected chi connectivity index (χ1v) is 31.9. The molecule has 2 saturated carbocycles. The average molecular weight is 1210 g/mol. The van der Waals surface area contributed by atoms with Crippen LogP contribution in [0.3, 0.4) is 0 Å². The van der Waals surface area contributed by atoms with Gasteiger partial charge >= 0.3 is 6.36 Å². The number of hydrogen-bond acceptors (Lipinski definition) is 11. The molecule has 2 rings (SSSR count). The summed E-state index contributed by atoms with van der Waals surface area (Å²) in [7, 11) is 0. The van der Waals surface area contributed by atoms with E-state index in [9.17, 15) is 13.2 Å². The lowest BCUT2D eigenvalue weighted by Gasteiger charge is -2.13. The number of alkyl halides is 3. The van der Waals surface area contributed by atoms with Gasteiger partial charge in [0.2, 0.25) is 0 Å². The van der Waals surface area contributed by atoms with Gasteiger partial charge in [-0.15, -0.1) is 26.2 Å². The van der Waals surface area contributed by atoms with E-state index in [1.54, 1.807) is 6.08 Å². The van der Waals surface area contributed by atoms with Crippen molar-refractivity contribution >= 4 is 0 Å². The third-order valence-corrected chi connectivity index (χ3v) is 8.62. The second kappa shape index (κ2) is 74.6. The molecule has 0 aromatic rings. The number of ether oxygens (including phenoxy) is 11. The molecule has 0 unspecified atom stereocenters. The van der Waals surface area contributed by atoms with Crippen molar-refractivity contribution < 1.29 is 65.3 Å². The molecule has 0 radical (unpaired) electrons. The zero-order chi connectivity index (χ0) is 67.0. The lowest BCUT2D eigenvalue weighted by Crippen LogP contribution is -2.18. The van der Waals surface area contributed by atoms with Crippen LogP contribution in [0.15, 0.2) is 24.8 Å². The lowest BCUT2D eigenvalue weighted by atomic mass is 10.2. The molecule has 0 atom stereocenters. The Morgan fingerprint density at radius 3 is 1.12 bits per heavy atom. The largest absolute Gasteiger partial charge is 0.522 e. The minimum atomic E-state index is -4.48. The van der Waals surface area contributed by atoms with Gasteiger partial charge in [0.1, 0.15) is 6.61 Å². The standard InChI is InChI=1S/C8H16O.C7H14O.C7H16O.C7H14O.C7H16O.2C6H14O.C6H12O.C6H10O.C5H12O.C4H7F3O/c1-7(2)9-8-5-3-4-6-8;1-6(2)8-5-7-3-4-7;2*1-6(2)5-8-7(3)4;1-4-5-6-8-7(2)3;1-5(2)7-6(3)4;3*1-4-5-7-6(2)3;1-4-6-5(2)3;1-3(2)8-4(5,6)7/h7-8H,3-6H2,1-2H3;6-7H,3-5H2,1-2H3;6-7H,5H2,1-4H3;7H,1,5H2,2-4H3;7H,4-6H2,1-3H3;5-6H,1-4H3;6H,4-5H2,1-3H3;4,6H,1,5H2,2-3H3;1,6H,5H2,2-3H3;5H,4H2,1-3H3;3H,1-2H3. The summed E-state index contributed by atoms with van der Waals surface area (Å²) >= 11 is 0. The van der Waals surface area contributed by atoms with Crippen LogP contribution in [0, 0.1) is 24.2 Å². The Hall–Kier alpha value is -1.61. The van der Waals surface area contributed by atoms with Gasteiger partial charge in [-0.05, 0) is 230 Å². The third kappa shape index (κ3) is 155. The van der Waals surface area contributed by atoms with E-state index in [1.807, 2.05) is 96.9 Å². The van der Waals surface area contributed by atoms with Gasteiger partial charge in [-0.25, -0.2) is 0 Å².